The summed E-state index contributed by atoms with van der Waals surface area (Å²) in [6.45, 7) is 2.15. The topological polar surface area (TPSA) is 63.3 Å². The van der Waals surface area contributed by atoms with Crippen LogP contribution in [-0.4, -0.2) is 11.1 Å². The van der Waals surface area contributed by atoms with Crippen molar-refractivity contribution in [2.75, 3.05) is 5.73 Å². The van der Waals surface area contributed by atoms with Gasteiger partial charge in [-0.1, -0.05) is 25.8 Å². The molecule has 0 aliphatic heterocycles. The number of aryl methyl sites for hydroxylation is 1. The Balaban J connectivity index is 2.69. The van der Waals surface area contributed by atoms with Crippen LogP contribution >= 0.6 is 0 Å². The fourth-order valence-corrected chi connectivity index (χ4v) is 1.54. The lowest BCUT2D eigenvalue weighted by atomic mass is 10.0. The van der Waals surface area contributed by atoms with Crippen LogP contribution in [-0.2, 0) is 6.42 Å². The van der Waals surface area contributed by atoms with E-state index in [0.717, 1.165) is 18.4 Å². The first kappa shape index (κ1) is 11.6. The number of nitrogen functional groups attached to an aromatic ring is 1. The van der Waals surface area contributed by atoms with Gasteiger partial charge >= 0.3 is 5.97 Å². The average molecular weight is 207 g/mol. The smallest absolute Gasteiger partial charge is 0.337 e. The average Bonchev–Trinajstić information content (AvgIpc) is 2.17. The van der Waals surface area contributed by atoms with Gasteiger partial charge in [0.05, 0.1) is 5.56 Å². The lowest BCUT2D eigenvalue weighted by Gasteiger charge is -2.04. The number of carbonyl (C=O) groups is 1. The molecular weight excluding hydrogens is 190 g/mol. The van der Waals surface area contributed by atoms with E-state index in [-0.39, 0.29) is 5.56 Å². The molecule has 15 heavy (non-hydrogen) atoms. The molecule has 0 atom stereocenters. The highest BCUT2D eigenvalue weighted by Crippen LogP contribution is 2.16. The lowest BCUT2D eigenvalue weighted by molar-refractivity contribution is 0.0698. The van der Waals surface area contributed by atoms with E-state index in [0.29, 0.717) is 5.69 Å². The van der Waals surface area contributed by atoms with Gasteiger partial charge in [0.25, 0.3) is 0 Å². The highest BCUT2D eigenvalue weighted by molar-refractivity contribution is 5.93. The lowest BCUT2D eigenvalue weighted by Crippen LogP contribution is -2.02. The third-order valence-electron chi connectivity index (χ3n) is 2.42. The summed E-state index contributed by atoms with van der Waals surface area (Å²) < 4.78 is 0. The van der Waals surface area contributed by atoms with Crippen LogP contribution in [0.4, 0.5) is 5.69 Å². The highest BCUT2D eigenvalue weighted by atomic mass is 16.4. The maximum Gasteiger partial charge on any atom is 0.337 e. The van der Waals surface area contributed by atoms with E-state index in [1.54, 1.807) is 12.1 Å². The number of unbranched alkanes of at least 4 members (excludes halogenated alkanes) is 2. The largest absolute Gasteiger partial charge is 0.478 e. The van der Waals surface area contributed by atoms with Crippen LogP contribution in [0.2, 0.25) is 0 Å². The number of carboxylic acid groups (broad SMARTS) is 1. The summed E-state index contributed by atoms with van der Waals surface area (Å²) in [6.07, 6.45) is 4.48. The minimum absolute atomic E-state index is 0.189. The van der Waals surface area contributed by atoms with Crippen molar-refractivity contribution >= 4 is 11.7 Å². The van der Waals surface area contributed by atoms with E-state index in [2.05, 4.69) is 6.92 Å². The Morgan fingerprint density at radius 3 is 2.67 bits per heavy atom. The molecule has 3 nitrogen and oxygen atoms in total. The van der Waals surface area contributed by atoms with Crippen LogP contribution in [0.5, 0.6) is 0 Å². The molecule has 0 aliphatic carbocycles. The molecule has 0 spiro atoms. The SMILES string of the molecule is CCCCCc1ccc(C(=O)O)c(N)c1. The molecule has 82 valence electrons. The van der Waals surface area contributed by atoms with Gasteiger partial charge in [0.1, 0.15) is 0 Å². The number of hydrogen-bond acceptors (Lipinski definition) is 2. The second-order valence-corrected chi connectivity index (χ2v) is 3.68. The molecule has 0 radical (unpaired) electrons. The Bertz CT molecular complexity index is 347. The Kier molecular flexibility index (Phi) is 4.16. The second kappa shape index (κ2) is 5.39. The van der Waals surface area contributed by atoms with Gasteiger partial charge in [0.15, 0.2) is 0 Å². The van der Waals surface area contributed by atoms with E-state index < -0.39 is 5.97 Å². The molecular formula is C12H17NO2. The van der Waals surface area contributed by atoms with Crippen LogP contribution in [0.1, 0.15) is 42.1 Å². The molecule has 3 heteroatoms. The first-order valence-corrected chi connectivity index (χ1v) is 5.27. The highest BCUT2D eigenvalue weighted by Gasteiger charge is 2.07. The van der Waals surface area contributed by atoms with E-state index in [1.165, 1.54) is 12.8 Å². The van der Waals surface area contributed by atoms with Gasteiger partial charge in [-0.25, -0.2) is 4.79 Å². The third kappa shape index (κ3) is 3.27. The zero-order chi connectivity index (χ0) is 11.3. The van der Waals surface area contributed by atoms with Crippen LogP contribution in [0.15, 0.2) is 18.2 Å². The van der Waals surface area contributed by atoms with Gasteiger partial charge in [0, 0.05) is 5.69 Å². The summed E-state index contributed by atoms with van der Waals surface area (Å²) in [5, 5.41) is 8.79. The molecule has 0 saturated heterocycles. The van der Waals surface area contributed by atoms with E-state index in [9.17, 15) is 4.79 Å². The number of aromatic carboxylic acids is 1. The maximum atomic E-state index is 10.7. The first-order valence-electron chi connectivity index (χ1n) is 5.27. The monoisotopic (exact) mass is 207 g/mol. The number of rotatable bonds is 5. The first-order chi connectivity index (χ1) is 7.15. The van der Waals surface area contributed by atoms with Crippen LogP contribution in [0, 0.1) is 0 Å². The van der Waals surface area contributed by atoms with Gasteiger partial charge in [-0.2, -0.15) is 0 Å². The Morgan fingerprint density at radius 2 is 2.13 bits per heavy atom. The number of carboxylic acids is 1. The molecule has 0 saturated carbocycles. The summed E-state index contributed by atoms with van der Waals surface area (Å²) in [4.78, 5) is 10.7. The van der Waals surface area contributed by atoms with Crippen LogP contribution in [0.3, 0.4) is 0 Å². The zero-order valence-electron chi connectivity index (χ0n) is 8.99. The van der Waals surface area contributed by atoms with Gasteiger partial charge in [-0.05, 0) is 30.5 Å². The molecule has 0 fully saturated rings. The van der Waals surface area contributed by atoms with Gasteiger partial charge < -0.3 is 10.8 Å². The van der Waals surface area contributed by atoms with Gasteiger partial charge in [0.2, 0.25) is 0 Å². The summed E-state index contributed by atoms with van der Waals surface area (Å²) in [7, 11) is 0. The summed E-state index contributed by atoms with van der Waals surface area (Å²) >= 11 is 0. The van der Waals surface area contributed by atoms with Crippen molar-refractivity contribution in [3.8, 4) is 0 Å². The quantitative estimate of drug-likeness (QED) is 0.576. The normalized spacial score (nSPS) is 10.2. The summed E-state index contributed by atoms with van der Waals surface area (Å²) in [5.74, 6) is -0.965. The Morgan fingerprint density at radius 1 is 1.40 bits per heavy atom. The van der Waals surface area contributed by atoms with Gasteiger partial charge in [-0.15, -0.1) is 0 Å². The number of benzene rings is 1. The van der Waals surface area contributed by atoms with Crippen molar-refractivity contribution in [2.45, 2.75) is 32.6 Å². The fraction of sp³-hybridized carbons (Fsp3) is 0.417. The van der Waals surface area contributed by atoms with E-state index in [4.69, 9.17) is 10.8 Å². The maximum absolute atomic E-state index is 10.7. The standard InChI is InChI=1S/C12H17NO2/c1-2-3-4-5-9-6-7-10(12(14)15)11(13)8-9/h6-8H,2-5,13H2,1H3,(H,14,15). The minimum atomic E-state index is -0.965. The number of anilines is 1. The fourth-order valence-electron chi connectivity index (χ4n) is 1.54. The minimum Gasteiger partial charge on any atom is -0.478 e. The van der Waals surface area contributed by atoms with E-state index >= 15 is 0 Å². The van der Waals surface area contributed by atoms with Crippen LogP contribution < -0.4 is 5.73 Å². The molecule has 0 heterocycles. The zero-order valence-corrected chi connectivity index (χ0v) is 8.99. The predicted octanol–water partition coefficient (Wildman–Crippen LogP) is 2.70. The van der Waals surface area contributed by atoms with E-state index in [1.807, 2.05) is 6.07 Å². The Labute approximate surface area is 89.9 Å². The summed E-state index contributed by atoms with van der Waals surface area (Å²) in [6, 6.07) is 5.19. The molecule has 3 N–H and O–H groups in total. The molecule has 1 aromatic carbocycles. The molecule has 0 unspecified atom stereocenters. The second-order valence-electron chi connectivity index (χ2n) is 3.68. The number of nitrogens with two attached hydrogens (primary N) is 1. The number of hydrogen-bond donors (Lipinski definition) is 2. The Hall–Kier alpha value is -1.51. The van der Waals surface area contributed by atoms with Crippen LogP contribution in [0.25, 0.3) is 0 Å². The predicted molar refractivity (Wildman–Crippen MR) is 61.0 cm³/mol. The van der Waals surface area contributed by atoms with Crippen molar-refractivity contribution in [1.29, 1.82) is 0 Å². The van der Waals surface area contributed by atoms with Gasteiger partial charge in [-0.3, -0.25) is 0 Å². The molecule has 1 aromatic rings. The summed E-state index contributed by atoms with van der Waals surface area (Å²) in [5.41, 5.74) is 7.31. The van der Waals surface area contributed by atoms with Crippen molar-refractivity contribution in [3.05, 3.63) is 29.3 Å². The van der Waals surface area contributed by atoms with Crippen molar-refractivity contribution in [2.24, 2.45) is 0 Å². The molecule has 1 rings (SSSR count). The van der Waals surface area contributed by atoms with Crippen molar-refractivity contribution in [3.63, 3.8) is 0 Å². The molecule has 0 aromatic heterocycles. The van der Waals surface area contributed by atoms with Crippen molar-refractivity contribution < 1.29 is 9.90 Å². The molecule has 0 aliphatic rings. The van der Waals surface area contributed by atoms with Crippen molar-refractivity contribution in [1.82, 2.24) is 0 Å². The molecule has 0 amide bonds. The third-order valence-corrected chi connectivity index (χ3v) is 2.42. The molecule has 0 bridgehead atoms.